The SMILES string of the molecule is CO[C@@]1(NC(=O)Cc2ccc(N(C)C)cc2)C(=O)N2C(C(=O)OC(c3ccccc3)c3ccccc3)=C(CSc3nnnn3C)CO[C@@H]21. The maximum atomic E-state index is 14.3. The number of benzene rings is 3. The minimum atomic E-state index is -1.84. The molecule has 14 heteroatoms. The van der Waals surface area contributed by atoms with Crippen molar-refractivity contribution >= 4 is 35.2 Å². The highest BCUT2D eigenvalue weighted by molar-refractivity contribution is 7.99. The molecule has 13 nitrogen and oxygen atoms in total. The first-order valence-corrected chi connectivity index (χ1v) is 16.2. The Kier molecular flexibility index (Phi) is 9.57. The molecule has 0 aliphatic carbocycles. The molecule has 1 saturated heterocycles. The van der Waals surface area contributed by atoms with E-state index in [1.54, 1.807) is 7.05 Å². The molecule has 6 rings (SSSR count). The van der Waals surface area contributed by atoms with Gasteiger partial charge in [-0.05, 0) is 44.8 Å². The number of carbonyl (C=O) groups is 3. The zero-order chi connectivity index (χ0) is 33.8. The number of aryl methyl sites for hydroxylation is 1. The van der Waals surface area contributed by atoms with Crippen molar-refractivity contribution in [1.29, 1.82) is 0 Å². The molecule has 4 aromatic rings. The first-order valence-electron chi connectivity index (χ1n) is 15.2. The summed E-state index contributed by atoms with van der Waals surface area (Å²) >= 11 is 1.28. The average Bonchev–Trinajstić information content (AvgIpc) is 3.53. The summed E-state index contributed by atoms with van der Waals surface area (Å²) in [6.07, 6.45) is -1.87. The number of ether oxygens (including phenoxy) is 3. The Morgan fingerprint density at radius 1 is 1.04 bits per heavy atom. The summed E-state index contributed by atoms with van der Waals surface area (Å²) < 4.78 is 19.5. The fourth-order valence-electron chi connectivity index (χ4n) is 5.63. The summed E-state index contributed by atoms with van der Waals surface area (Å²) in [5.41, 5.74) is 1.95. The van der Waals surface area contributed by atoms with Crippen molar-refractivity contribution in [1.82, 2.24) is 30.4 Å². The summed E-state index contributed by atoms with van der Waals surface area (Å²) in [4.78, 5) is 44.7. The Bertz CT molecular complexity index is 1780. The van der Waals surface area contributed by atoms with Crippen molar-refractivity contribution in [2.45, 2.75) is 29.6 Å². The van der Waals surface area contributed by atoms with Gasteiger partial charge in [-0.3, -0.25) is 14.5 Å². The van der Waals surface area contributed by atoms with Crippen LogP contribution in [0.4, 0.5) is 5.69 Å². The second-order valence-electron chi connectivity index (χ2n) is 11.5. The van der Waals surface area contributed by atoms with Crippen LogP contribution in [0.3, 0.4) is 0 Å². The van der Waals surface area contributed by atoms with Gasteiger partial charge < -0.3 is 24.4 Å². The molecular formula is C34H35N7O6S. The van der Waals surface area contributed by atoms with Gasteiger partial charge in [0.15, 0.2) is 12.3 Å². The molecule has 248 valence electrons. The van der Waals surface area contributed by atoms with E-state index in [0.717, 1.165) is 22.4 Å². The molecule has 1 N–H and O–H groups in total. The number of nitrogens with zero attached hydrogens (tertiary/aromatic N) is 6. The highest BCUT2D eigenvalue weighted by Crippen LogP contribution is 2.42. The van der Waals surface area contributed by atoms with E-state index in [2.05, 4.69) is 20.8 Å². The molecule has 2 aliphatic heterocycles. The summed E-state index contributed by atoms with van der Waals surface area (Å²) in [5, 5.41) is 14.8. The number of β-lactam (4-membered cyclic amide) rings is 1. The smallest absolute Gasteiger partial charge is 0.356 e. The minimum Gasteiger partial charge on any atom is -0.448 e. The van der Waals surface area contributed by atoms with Crippen molar-refractivity contribution in [3.8, 4) is 0 Å². The fourth-order valence-corrected chi connectivity index (χ4v) is 6.47. The predicted molar refractivity (Wildman–Crippen MR) is 176 cm³/mol. The van der Waals surface area contributed by atoms with Gasteiger partial charge in [-0.25, -0.2) is 9.48 Å². The first kappa shape index (κ1) is 32.9. The van der Waals surface area contributed by atoms with Crippen molar-refractivity contribution in [2.24, 2.45) is 7.05 Å². The number of hydrogen-bond acceptors (Lipinski definition) is 11. The molecule has 0 unspecified atom stereocenters. The Balaban J connectivity index is 1.28. The number of anilines is 1. The zero-order valence-corrected chi connectivity index (χ0v) is 27.7. The number of rotatable bonds is 12. The zero-order valence-electron chi connectivity index (χ0n) is 26.9. The van der Waals surface area contributed by atoms with Crippen LogP contribution in [0.15, 0.2) is 101 Å². The number of hydrogen-bond donors (Lipinski definition) is 1. The summed E-state index contributed by atoms with van der Waals surface area (Å²) in [5.74, 6) is -1.59. The van der Waals surface area contributed by atoms with Gasteiger partial charge in [0, 0.05) is 39.7 Å². The number of carbonyl (C=O) groups excluding carboxylic acids is 3. The number of fused-ring (bicyclic) bond motifs is 1. The van der Waals surface area contributed by atoms with Crippen molar-refractivity contribution < 1.29 is 28.6 Å². The third-order valence-corrected chi connectivity index (χ3v) is 9.25. The second-order valence-corrected chi connectivity index (χ2v) is 12.4. The average molecular weight is 670 g/mol. The molecule has 3 heterocycles. The Morgan fingerprint density at radius 3 is 2.25 bits per heavy atom. The number of thioether (sulfide) groups is 1. The normalized spacial score (nSPS) is 18.7. The summed E-state index contributed by atoms with van der Waals surface area (Å²) in [6, 6.07) is 26.2. The van der Waals surface area contributed by atoms with Gasteiger partial charge in [0.05, 0.1) is 13.0 Å². The molecular weight excluding hydrogens is 634 g/mol. The van der Waals surface area contributed by atoms with Gasteiger partial charge >= 0.3 is 5.97 Å². The Hall–Kier alpha value is -5.05. The maximum Gasteiger partial charge on any atom is 0.356 e. The first-order chi connectivity index (χ1) is 23.2. The molecule has 2 amide bonds. The standard InChI is InChI=1S/C34H35N7O6S/c1-39(2)26-17-15-22(16-18-26)19-27(42)35-34(45-4)31(44)41-28(25(20-46-32(34)41)21-48-33-36-37-38-40(33)3)30(43)47-29(23-11-7-5-8-12-23)24-13-9-6-10-14-24/h5-18,29,32H,19-21H2,1-4H3,(H,35,42)/t32-,34+/m1/s1. The predicted octanol–water partition coefficient (Wildman–Crippen LogP) is 2.86. The number of methoxy groups -OCH3 is 1. The molecule has 1 aromatic heterocycles. The van der Waals surface area contributed by atoms with Crippen LogP contribution in [-0.2, 0) is 42.1 Å². The monoisotopic (exact) mass is 669 g/mol. The van der Waals surface area contributed by atoms with Crippen molar-refractivity contribution in [3.63, 3.8) is 0 Å². The highest BCUT2D eigenvalue weighted by atomic mass is 32.2. The third-order valence-electron chi connectivity index (χ3n) is 8.15. The third kappa shape index (κ3) is 6.41. The molecule has 0 radical (unpaired) electrons. The summed E-state index contributed by atoms with van der Waals surface area (Å²) in [6.45, 7) is -0.0362. The Morgan fingerprint density at radius 2 is 1.69 bits per heavy atom. The topological polar surface area (TPSA) is 141 Å². The lowest BCUT2D eigenvalue weighted by atomic mass is 9.94. The van der Waals surface area contributed by atoms with Gasteiger partial charge in [-0.1, -0.05) is 84.6 Å². The molecule has 2 atom stereocenters. The van der Waals surface area contributed by atoms with Crippen LogP contribution in [0.1, 0.15) is 22.8 Å². The van der Waals surface area contributed by atoms with Crippen LogP contribution in [0.2, 0.25) is 0 Å². The molecule has 0 saturated carbocycles. The van der Waals surface area contributed by atoms with E-state index in [1.165, 1.54) is 28.5 Å². The number of tetrazole rings is 1. The van der Waals surface area contributed by atoms with Crippen LogP contribution in [0, 0.1) is 0 Å². The van der Waals surface area contributed by atoms with Crippen LogP contribution in [-0.4, -0.2) is 88.4 Å². The van der Waals surface area contributed by atoms with E-state index >= 15 is 0 Å². The lowest BCUT2D eigenvalue weighted by Crippen LogP contribution is -2.82. The van der Waals surface area contributed by atoms with E-state index in [9.17, 15) is 14.4 Å². The van der Waals surface area contributed by atoms with Gasteiger partial charge in [-0.2, -0.15) is 0 Å². The van der Waals surface area contributed by atoms with Crippen molar-refractivity contribution in [2.75, 3.05) is 38.5 Å². The molecule has 0 bridgehead atoms. The van der Waals surface area contributed by atoms with Crippen LogP contribution >= 0.6 is 11.8 Å². The molecule has 2 aliphatic rings. The number of nitrogens with one attached hydrogen (secondary N) is 1. The van der Waals surface area contributed by atoms with Crippen molar-refractivity contribution in [3.05, 3.63) is 113 Å². The summed E-state index contributed by atoms with van der Waals surface area (Å²) in [7, 11) is 6.89. The molecule has 48 heavy (non-hydrogen) atoms. The highest BCUT2D eigenvalue weighted by Gasteiger charge is 2.67. The number of esters is 1. The largest absolute Gasteiger partial charge is 0.448 e. The maximum absolute atomic E-state index is 14.3. The quantitative estimate of drug-likeness (QED) is 0.103. The van der Waals surface area contributed by atoms with E-state index in [0.29, 0.717) is 10.7 Å². The van der Waals surface area contributed by atoms with Gasteiger partial charge in [0.2, 0.25) is 11.1 Å². The molecule has 3 aromatic carbocycles. The van der Waals surface area contributed by atoms with Crippen LogP contribution in [0.5, 0.6) is 0 Å². The van der Waals surface area contributed by atoms with Gasteiger partial charge in [0.25, 0.3) is 11.6 Å². The lowest BCUT2D eigenvalue weighted by molar-refractivity contribution is -0.258. The molecule has 0 spiro atoms. The number of amides is 2. The second kappa shape index (κ2) is 14.0. The lowest BCUT2D eigenvalue weighted by Gasteiger charge is -2.55. The Labute approximate surface area is 281 Å². The fraction of sp³-hybridized carbons (Fsp3) is 0.294. The van der Waals surface area contributed by atoms with Gasteiger partial charge in [0.1, 0.15) is 5.70 Å². The molecule has 1 fully saturated rings. The number of aromatic nitrogens is 4. The van der Waals surface area contributed by atoms with Gasteiger partial charge in [-0.15, -0.1) is 5.10 Å². The van der Waals surface area contributed by atoms with Crippen LogP contribution < -0.4 is 10.2 Å². The van der Waals surface area contributed by atoms with E-state index < -0.39 is 35.8 Å². The minimum absolute atomic E-state index is 0.00696. The van der Waals surface area contributed by atoms with Crippen LogP contribution in [0.25, 0.3) is 0 Å². The van der Waals surface area contributed by atoms with E-state index in [1.807, 2.05) is 104 Å². The van der Waals surface area contributed by atoms with E-state index in [4.69, 9.17) is 14.2 Å². The van der Waals surface area contributed by atoms with E-state index in [-0.39, 0.29) is 24.5 Å².